The lowest BCUT2D eigenvalue weighted by molar-refractivity contribution is 1.28. The molecule has 0 aliphatic carbocycles. The fourth-order valence-electron chi connectivity index (χ4n) is 8.13. The van der Waals surface area contributed by atoms with Gasteiger partial charge in [-0.15, -0.1) is 22.7 Å². The van der Waals surface area contributed by atoms with Crippen molar-refractivity contribution in [2.24, 2.45) is 0 Å². The molecule has 3 heteroatoms. The van der Waals surface area contributed by atoms with Crippen molar-refractivity contribution in [1.82, 2.24) is 0 Å². The molecule has 55 heavy (non-hydrogen) atoms. The molecule has 0 aliphatic heterocycles. The lowest BCUT2D eigenvalue weighted by atomic mass is 9.99. The second-order valence-corrected chi connectivity index (χ2v) is 16.3. The molecule has 0 saturated carbocycles. The molecule has 0 fully saturated rings. The van der Waals surface area contributed by atoms with Gasteiger partial charge >= 0.3 is 0 Å². The van der Waals surface area contributed by atoms with Crippen molar-refractivity contribution in [2.75, 3.05) is 4.90 Å². The second-order valence-electron chi connectivity index (χ2n) is 14.1. The van der Waals surface area contributed by atoms with E-state index in [-0.39, 0.29) is 0 Å². The Morgan fingerprint density at radius 3 is 1.55 bits per heavy atom. The summed E-state index contributed by atoms with van der Waals surface area (Å²) in [4.78, 5) is 2.36. The Kier molecular flexibility index (Phi) is 7.61. The topological polar surface area (TPSA) is 3.24 Å². The minimum atomic E-state index is 1.12. The minimum Gasteiger partial charge on any atom is -0.311 e. The first-order valence-electron chi connectivity index (χ1n) is 18.7. The van der Waals surface area contributed by atoms with E-state index in [2.05, 4.69) is 205 Å². The molecule has 11 rings (SSSR count). The Morgan fingerprint density at radius 2 is 0.818 bits per heavy atom. The molecular weight excluding hydrogens is 703 g/mol. The van der Waals surface area contributed by atoms with Gasteiger partial charge in [-0.2, -0.15) is 0 Å². The summed E-state index contributed by atoms with van der Waals surface area (Å²) in [7, 11) is 0. The van der Waals surface area contributed by atoms with Gasteiger partial charge in [0, 0.05) is 57.4 Å². The third-order valence-corrected chi connectivity index (χ3v) is 13.1. The van der Waals surface area contributed by atoms with E-state index in [1.165, 1.54) is 84.5 Å². The largest absolute Gasteiger partial charge is 0.311 e. The summed E-state index contributed by atoms with van der Waals surface area (Å²) in [5, 5.41) is 7.89. The normalized spacial score (nSPS) is 11.6. The summed E-state index contributed by atoms with van der Waals surface area (Å²) >= 11 is 3.75. The smallest absolute Gasteiger partial charge is 0.0462 e. The molecule has 9 aromatic carbocycles. The van der Waals surface area contributed by atoms with Gasteiger partial charge in [0.15, 0.2) is 0 Å². The molecule has 1 nitrogen and oxygen atoms in total. The number of hydrogen-bond acceptors (Lipinski definition) is 3. The summed E-state index contributed by atoms with van der Waals surface area (Å²) in [5.74, 6) is 0. The fourth-order valence-corrected chi connectivity index (χ4v) is 10.4. The van der Waals surface area contributed by atoms with Gasteiger partial charge in [-0.1, -0.05) is 133 Å². The van der Waals surface area contributed by atoms with Gasteiger partial charge in [-0.3, -0.25) is 0 Å². The highest BCUT2D eigenvalue weighted by Gasteiger charge is 2.16. The van der Waals surface area contributed by atoms with E-state index in [1.54, 1.807) is 0 Å². The minimum absolute atomic E-state index is 1.12. The van der Waals surface area contributed by atoms with Crippen LogP contribution < -0.4 is 4.90 Å². The fraction of sp³-hybridized carbons (Fsp3) is 0. The molecule has 258 valence electrons. The van der Waals surface area contributed by atoms with Crippen molar-refractivity contribution in [3.63, 3.8) is 0 Å². The maximum absolute atomic E-state index is 2.36. The lowest BCUT2D eigenvalue weighted by Gasteiger charge is -2.26. The van der Waals surface area contributed by atoms with Crippen LogP contribution in [0.5, 0.6) is 0 Å². The average Bonchev–Trinajstić information content (AvgIpc) is 3.81. The van der Waals surface area contributed by atoms with E-state index in [0.717, 1.165) is 17.1 Å². The molecule has 0 atom stereocenters. The van der Waals surface area contributed by atoms with E-state index in [1.807, 2.05) is 22.7 Å². The molecule has 2 aromatic heterocycles. The molecule has 0 bridgehead atoms. The van der Waals surface area contributed by atoms with E-state index in [4.69, 9.17) is 0 Å². The predicted octanol–water partition coefficient (Wildman–Crippen LogP) is 16.0. The molecule has 0 spiro atoms. The van der Waals surface area contributed by atoms with Gasteiger partial charge in [0.1, 0.15) is 0 Å². The van der Waals surface area contributed by atoms with Crippen molar-refractivity contribution in [3.05, 3.63) is 200 Å². The SMILES string of the molecule is c1ccc(-c2ccc(N(c3ccc(-c4ccc5c(c4)sc4cc6ccccc6cc45)cc3)c3ccc(-c4cccc5sc6ccccc6c45)cc3)cc2)cc1. The van der Waals surface area contributed by atoms with Crippen LogP contribution in [0.1, 0.15) is 0 Å². The van der Waals surface area contributed by atoms with Crippen LogP contribution in [-0.2, 0) is 0 Å². The Bertz CT molecular complexity index is 3170. The summed E-state index contributed by atoms with van der Waals surface area (Å²) in [5.41, 5.74) is 10.7. The average molecular weight is 736 g/mol. The van der Waals surface area contributed by atoms with Crippen LogP contribution in [0.2, 0.25) is 0 Å². The van der Waals surface area contributed by atoms with Crippen LogP contribution in [0.3, 0.4) is 0 Å². The lowest BCUT2D eigenvalue weighted by Crippen LogP contribution is -2.09. The number of benzene rings is 9. The third kappa shape index (κ3) is 5.60. The zero-order chi connectivity index (χ0) is 36.3. The molecule has 0 N–H and O–H groups in total. The Balaban J connectivity index is 0.974. The van der Waals surface area contributed by atoms with Crippen molar-refractivity contribution < 1.29 is 0 Å². The van der Waals surface area contributed by atoms with Gasteiger partial charge in [0.25, 0.3) is 0 Å². The summed E-state index contributed by atoms with van der Waals surface area (Å²) in [6.07, 6.45) is 0. The van der Waals surface area contributed by atoms with Crippen LogP contribution in [0, 0.1) is 0 Å². The zero-order valence-electron chi connectivity index (χ0n) is 29.8. The van der Waals surface area contributed by atoms with Crippen LogP contribution >= 0.6 is 22.7 Å². The highest BCUT2D eigenvalue weighted by atomic mass is 32.1. The zero-order valence-corrected chi connectivity index (χ0v) is 31.4. The molecule has 0 aliphatic rings. The summed E-state index contributed by atoms with van der Waals surface area (Å²) in [6, 6.07) is 73.3. The van der Waals surface area contributed by atoms with E-state index in [9.17, 15) is 0 Å². The van der Waals surface area contributed by atoms with E-state index >= 15 is 0 Å². The van der Waals surface area contributed by atoms with Crippen molar-refractivity contribution >= 4 is 90.9 Å². The highest BCUT2D eigenvalue weighted by Crippen LogP contribution is 2.43. The van der Waals surface area contributed by atoms with Gasteiger partial charge in [-0.05, 0) is 111 Å². The Morgan fingerprint density at radius 1 is 0.291 bits per heavy atom. The van der Waals surface area contributed by atoms with Gasteiger partial charge in [-0.25, -0.2) is 0 Å². The number of hydrogen-bond donors (Lipinski definition) is 0. The molecule has 0 saturated heterocycles. The maximum Gasteiger partial charge on any atom is 0.0462 e. The maximum atomic E-state index is 2.36. The number of rotatable bonds is 6. The van der Waals surface area contributed by atoms with E-state index < -0.39 is 0 Å². The summed E-state index contributed by atoms with van der Waals surface area (Å²) in [6.45, 7) is 0. The summed E-state index contributed by atoms with van der Waals surface area (Å²) < 4.78 is 5.30. The molecule has 11 aromatic rings. The second kappa shape index (κ2) is 13.1. The number of nitrogens with zero attached hydrogens (tertiary/aromatic N) is 1. The van der Waals surface area contributed by atoms with Crippen LogP contribution in [0.4, 0.5) is 17.1 Å². The third-order valence-electron chi connectivity index (χ3n) is 10.9. The van der Waals surface area contributed by atoms with Gasteiger partial charge < -0.3 is 4.90 Å². The van der Waals surface area contributed by atoms with Crippen molar-refractivity contribution in [2.45, 2.75) is 0 Å². The number of thiophene rings is 2. The number of fused-ring (bicyclic) bond motifs is 7. The molecule has 0 amide bonds. The predicted molar refractivity (Wildman–Crippen MR) is 241 cm³/mol. The highest BCUT2D eigenvalue weighted by molar-refractivity contribution is 7.26. The first-order valence-corrected chi connectivity index (χ1v) is 20.3. The van der Waals surface area contributed by atoms with Gasteiger partial charge in [0.2, 0.25) is 0 Å². The number of anilines is 3. The molecule has 0 unspecified atom stereocenters. The van der Waals surface area contributed by atoms with Crippen LogP contribution in [0.25, 0.3) is 84.5 Å². The Labute approximate surface area is 327 Å². The Hall–Kier alpha value is -6.52. The molecule has 2 heterocycles. The quantitative estimate of drug-likeness (QED) is 0.164. The van der Waals surface area contributed by atoms with Crippen LogP contribution in [-0.4, -0.2) is 0 Å². The van der Waals surface area contributed by atoms with Gasteiger partial charge in [0.05, 0.1) is 0 Å². The first kappa shape index (κ1) is 32.0. The van der Waals surface area contributed by atoms with Crippen molar-refractivity contribution in [1.29, 1.82) is 0 Å². The van der Waals surface area contributed by atoms with Crippen LogP contribution in [0.15, 0.2) is 200 Å². The molecule has 0 radical (unpaired) electrons. The van der Waals surface area contributed by atoms with E-state index in [0.29, 0.717) is 0 Å². The first-order chi connectivity index (χ1) is 27.2. The molecular formula is C52H33NS2. The standard InChI is InChI=1S/C52H33NS2/c1-2-9-34(10-3-1)35-17-24-41(25-18-35)53(43-28-21-37(22-29-43)44-14-8-16-49-52(44)46-13-6-7-15-48(46)54-49)42-26-19-36(20-27-42)40-23-30-45-47-31-38-11-4-5-12-39(38)32-51(47)55-50(45)33-40/h1-33H. The monoisotopic (exact) mass is 735 g/mol. The van der Waals surface area contributed by atoms with Crippen molar-refractivity contribution in [3.8, 4) is 33.4 Å².